The molecule has 0 amide bonds. The van der Waals surface area contributed by atoms with Crippen LogP contribution in [0.5, 0.6) is 5.88 Å². The molecule has 0 aliphatic heterocycles. The summed E-state index contributed by atoms with van der Waals surface area (Å²) >= 11 is 5.56. The second-order valence-electron chi connectivity index (χ2n) is 4.35. The highest BCUT2D eigenvalue weighted by molar-refractivity contribution is 6.32. The number of nitro groups is 1. The average Bonchev–Trinajstić information content (AvgIpc) is 2.71. The Hall–Kier alpha value is -2.42. The minimum absolute atomic E-state index is 0.0206. The SMILES string of the molecule is O=c1n(CCCF)cc(O)n1-c1cc([N+](=O)[O-])c(Cl)cc1F. The van der Waals surface area contributed by atoms with Crippen molar-refractivity contribution in [2.45, 2.75) is 13.0 Å². The molecule has 1 heterocycles. The van der Waals surface area contributed by atoms with Crippen LogP contribution < -0.4 is 5.69 Å². The summed E-state index contributed by atoms with van der Waals surface area (Å²) in [5.74, 6) is -1.64. The summed E-state index contributed by atoms with van der Waals surface area (Å²) in [6.45, 7) is -0.688. The topological polar surface area (TPSA) is 90.3 Å². The van der Waals surface area contributed by atoms with Crippen molar-refractivity contribution in [1.29, 1.82) is 0 Å². The van der Waals surface area contributed by atoms with Crippen LogP contribution in [0.25, 0.3) is 5.69 Å². The van der Waals surface area contributed by atoms with E-state index in [0.717, 1.165) is 16.8 Å². The molecular weight excluding hydrogens is 324 g/mol. The van der Waals surface area contributed by atoms with Gasteiger partial charge in [0.1, 0.15) is 10.8 Å². The second kappa shape index (κ2) is 6.14. The zero-order valence-electron chi connectivity index (χ0n) is 11.0. The maximum absolute atomic E-state index is 14.0. The van der Waals surface area contributed by atoms with Crippen molar-refractivity contribution in [1.82, 2.24) is 9.13 Å². The molecular formula is C12H10ClF2N3O4. The molecule has 1 N–H and O–H groups in total. The zero-order chi connectivity index (χ0) is 16.4. The summed E-state index contributed by atoms with van der Waals surface area (Å²) in [5, 5.41) is 20.2. The van der Waals surface area contributed by atoms with E-state index in [2.05, 4.69) is 0 Å². The van der Waals surface area contributed by atoms with E-state index in [9.17, 15) is 28.8 Å². The summed E-state index contributed by atoms with van der Waals surface area (Å²) in [6, 6.07) is 1.43. The third kappa shape index (κ3) is 2.80. The highest BCUT2D eigenvalue weighted by Gasteiger charge is 2.22. The molecule has 7 nitrogen and oxygen atoms in total. The van der Waals surface area contributed by atoms with Crippen LogP contribution in [0.3, 0.4) is 0 Å². The quantitative estimate of drug-likeness (QED) is 0.672. The highest BCUT2D eigenvalue weighted by Crippen LogP contribution is 2.30. The number of hydrogen-bond acceptors (Lipinski definition) is 4. The van der Waals surface area contributed by atoms with Crippen LogP contribution in [0.2, 0.25) is 5.02 Å². The van der Waals surface area contributed by atoms with Gasteiger partial charge >= 0.3 is 5.69 Å². The number of alkyl halides is 1. The Kier molecular flexibility index (Phi) is 4.45. The molecule has 118 valence electrons. The molecule has 0 spiro atoms. The second-order valence-corrected chi connectivity index (χ2v) is 4.76. The fourth-order valence-electron chi connectivity index (χ4n) is 1.93. The first-order valence-corrected chi connectivity index (χ1v) is 6.45. The van der Waals surface area contributed by atoms with Gasteiger partial charge in [0, 0.05) is 18.7 Å². The van der Waals surface area contributed by atoms with Gasteiger partial charge in [-0.3, -0.25) is 19.1 Å². The summed E-state index contributed by atoms with van der Waals surface area (Å²) in [4.78, 5) is 22.1. The molecule has 0 saturated heterocycles. The Labute approximate surface area is 127 Å². The predicted octanol–water partition coefficient (Wildman–Crippen LogP) is 2.40. The van der Waals surface area contributed by atoms with E-state index in [1.165, 1.54) is 0 Å². The number of halogens is 3. The number of aryl methyl sites for hydroxylation is 1. The lowest BCUT2D eigenvalue weighted by Gasteiger charge is -2.06. The van der Waals surface area contributed by atoms with E-state index >= 15 is 0 Å². The molecule has 0 fully saturated rings. The smallest absolute Gasteiger partial charge is 0.335 e. The van der Waals surface area contributed by atoms with Gasteiger partial charge in [-0.2, -0.15) is 0 Å². The van der Waals surface area contributed by atoms with Gasteiger partial charge in [-0.25, -0.2) is 13.8 Å². The zero-order valence-corrected chi connectivity index (χ0v) is 11.8. The maximum atomic E-state index is 14.0. The Morgan fingerprint density at radius 1 is 1.41 bits per heavy atom. The van der Waals surface area contributed by atoms with Crippen LogP contribution in [-0.2, 0) is 6.54 Å². The largest absolute Gasteiger partial charge is 0.493 e. The van der Waals surface area contributed by atoms with Crippen molar-refractivity contribution in [3.8, 4) is 11.6 Å². The van der Waals surface area contributed by atoms with Crippen LogP contribution in [-0.4, -0.2) is 25.8 Å². The number of rotatable bonds is 5. The number of nitrogens with zero attached hydrogens (tertiary/aromatic N) is 3. The first-order valence-electron chi connectivity index (χ1n) is 6.07. The van der Waals surface area contributed by atoms with E-state index in [4.69, 9.17) is 11.6 Å². The first kappa shape index (κ1) is 16.0. The number of imidazole rings is 1. The summed E-state index contributed by atoms with van der Waals surface area (Å²) < 4.78 is 27.6. The van der Waals surface area contributed by atoms with Gasteiger partial charge in [-0.1, -0.05) is 11.6 Å². The fraction of sp³-hybridized carbons (Fsp3) is 0.250. The minimum atomic E-state index is -1.02. The molecule has 0 aliphatic rings. The number of benzene rings is 1. The number of aromatic hydroxyl groups is 1. The highest BCUT2D eigenvalue weighted by atomic mass is 35.5. The molecule has 10 heteroatoms. The van der Waals surface area contributed by atoms with Crippen molar-refractivity contribution >= 4 is 17.3 Å². The molecule has 0 bridgehead atoms. The summed E-state index contributed by atoms with van der Waals surface area (Å²) in [7, 11) is 0. The van der Waals surface area contributed by atoms with Crippen LogP contribution >= 0.6 is 11.6 Å². The molecule has 0 radical (unpaired) electrons. The normalized spacial score (nSPS) is 10.9. The molecule has 0 aliphatic carbocycles. The molecule has 0 saturated carbocycles. The fourth-order valence-corrected chi connectivity index (χ4v) is 2.15. The minimum Gasteiger partial charge on any atom is -0.493 e. The molecule has 2 rings (SSSR count). The number of aromatic nitrogens is 2. The standard InChI is InChI=1S/C12H10ClF2N3O4/c13-7-4-8(15)10(5-9(7)18(21)22)17-11(19)6-16(12(17)20)3-1-2-14/h4-6,19H,1-3H2. The van der Waals surface area contributed by atoms with Crippen molar-refractivity contribution in [3.05, 3.63) is 49.8 Å². The van der Waals surface area contributed by atoms with E-state index in [0.29, 0.717) is 10.6 Å². The van der Waals surface area contributed by atoms with Gasteiger partial charge in [0.15, 0.2) is 0 Å². The van der Waals surface area contributed by atoms with Crippen LogP contribution in [0.4, 0.5) is 14.5 Å². The average molecular weight is 334 g/mol. The van der Waals surface area contributed by atoms with Crippen molar-refractivity contribution in [3.63, 3.8) is 0 Å². The molecule has 2 aromatic rings. The molecule has 0 unspecified atom stereocenters. The Morgan fingerprint density at radius 2 is 2.09 bits per heavy atom. The Morgan fingerprint density at radius 3 is 2.68 bits per heavy atom. The van der Waals surface area contributed by atoms with Gasteiger partial charge in [0.05, 0.1) is 23.5 Å². The van der Waals surface area contributed by atoms with Gasteiger partial charge in [0.2, 0.25) is 5.88 Å². The lowest BCUT2D eigenvalue weighted by molar-refractivity contribution is -0.384. The van der Waals surface area contributed by atoms with E-state index < -0.39 is 45.4 Å². The van der Waals surface area contributed by atoms with Crippen molar-refractivity contribution in [2.75, 3.05) is 6.67 Å². The van der Waals surface area contributed by atoms with Crippen molar-refractivity contribution in [2.24, 2.45) is 0 Å². The predicted molar refractivity (Wildman–Crippen MR) is 73.9 cm³/mol. The molecule has 0 atom stereocenters. The van der Waals surface area contributed by atoms with Crippen molar-refractivity contribution < 1.29 is 18.8 Å². The van der Waals surface area contributed by atoms with Crippen LogP contribution in [0.15, 0.2) is 23.1 Å². The molecule has 1 aromatic carbocycles. The molecule has 22 heavy (non-hydrogen) atoms. The van der Waals surface area contributed by atoms with Gasteiger partial charge in [-0.15, -0.1) is 0 Å². The lowest BCUT2D eigenvalue weighted by Crippen LogP contribution is -2.24. The first-order chi connectivity index (χ1) is 10.4. The monoisotopic (exact) mass is 333 g/mol. The number of nitro benzene ring substituents is 1. The molecule has 1 aromatic heterocycles. The Balaban J connectivity index is 2.62. The lowest BCUT2D eigenvalue weighted by atomic mass is 10.2. The van der Waals surface area contributed by atoms with E-state index in [1.807, 2.05) is 0 Å². The van der Waals surface area contributed by atoms with Gasteiger partial charge in [-0.05, 0) is 6.42 Å². The van der Waals surface area contributed by atoms with E-state index in [-0.39, 0.29) is 13.0 Å². The maximum Gasteiger partial charge on any atom is 0.335 e. The third-order valence-corrected chi connectivity index (χ3v) is 3.23. The van der Waals surface area contributed by atoms with Gasteiger partial charge in [0.25, 0.3) is 5.69 Å². The number of hydrogen-bond donors (Lipinski definition) is 1. The summed E-state index contributed by atoms with van der Waals surface area (Å²) in [5.41, 5.74) is -1.97. The van der Waals surface area contributed by atoms with Crippen LogP contribution in [0, 0.1) is 15.9 Å². The van der Waals surface area contributed by atoms with Gasteiger partial charge < -0.3 is 5.11 Å². The third-order valence-electron chi connectivity index (χ3n) is 2.92. The summed E-state index contributed by atoms with van der Waals surface area (Å²) in [6.07, 6.45) is 1.03. The van der Waals surface area contributed by atoms with Crippen LogP contribution in [0.1, 0.15) is 6.42 Å². The van der Waals surface area contributed by atoms with E-state index in [1.54, 1.807) is 0 Å². The Bertz CT molecular complexity index is 787.